The summed E-state index contributed by atoms with van der Waals surface area (Å²) < 4.78 is 5.27. The Kier molecular flexibility index (Phi) is 3.80. The fraction of sp³-hybridized carbons (Fsp3) is 0.909. The van der Waals surface area contributed by atoms with E-state index in [2.05, 4.69) is 0 Å². The quantitative estimate of drug-likeness (QED) is 0.727. The van der Waals surface area contributed by atoms with Crippen molar-refractivity contribution in [2.24, 2.45) is 11.1 Å². The summed E-state index contributed by atoms with van der Waals surface area (Å²) in [6.07, 6.45) is 0.412. The van der Waals surface area contributed by atoms with Gasteiger partial charge in [-0.05, 0) is 27.2 Å². The number of hydrogen-bond acceptors (Lipinski definition) is 4. The molecule has 1 saturated heterocycles. The van der Waals surface area contributed by atoms with Gasteiger partial charge in [0.2, 0.25) is 0 Å². The van der Waals surface area contributed by atoms with E-state index in [4.69, 9.17) is 10.5 Å². The third-order valence-corrected chi connectivity index (χ3v) is 2.86. The Morgan fingerprint density at radius 3 is 2.56 bits per heavy atom. The highest BCUT2D eigenvalue weighted by molar-refractivity contribution is 5.68. The second-order valence-corrected chi connectivity index (χ2v) is 5.51. The molecule has 1 fully saturated rings. The number of carbonyl (C=O) groups excluding carboxylic acids is 1. The minimum absolute atomic E-state index is 0.0167. The van der Waals surface area contributed by atoms with E-state index in [1.165, 1.54) is 0 Å². The molecule has 0 radical (unpaired) electrons. The Hall–Kier alpha value is -0.810. The first-order chi connectivity index (χ1) is 7.32. The second-order valence-electron chi connectivity index (χ2n) is 5.51. The van der Waals surface area contributed by atoms with Crippen molar-refractivity contribution in [1.29, 1.82) is 0 Å². The zero-order valence-corrected chi connectivity index (χ0v) is 10.3. The first kappa shape index (κ1) is 13.3. The maximum Gasteiger partial charge on any atom is 0.410 e. The monoisotopic (exact) mass is 230 g/mol. The average molecular weight is 230 g/mol. The molecule has 0 aromatic heterocycles. The molecule has 1 atom stereocenters. The van der Waals surface area contributed by atoms with Crippen molar-refractivity contribution in [3.63, 3.8) is 0 Å². The van der Waals surface area contributed by atoms with Crippen molar-refractivity contribution in [1.82, 2.24) is 4.90 Å². The standard InChI is InChI=1S/C11H22N2O3/c1-10(2,3)16-9(15)13-5-4-11(6-12,7-13)8-14/h14H,4-8,12H2,1-3H3. The van der Waals surface area contributed by atoms with E-state index in [1.807, 2.05) is 20.8 Å². The molecule has 3 N–H and O–H groups in total. The summed E-state index contributed by atoms with van der Waals surface area (Å²) in [4.78, 5) is 13.4. The third kappa shape index (κ3) is 3.09. The zero-order valence-electron chi connectivity index (χ0n) is 10.3. The fourth-order valence-electron chi connectivity index (χ4n) is 1.78. The van der Waals surface area contributed by atoms with Crippen LogP contribution in [0, 0.1) is 5.41 Å². The molecule has 0 aliphatic carbocycles. The summed E-state index contributed by atoms with van der Waals surface area (Å²) in [5.74, 6) is 0. The minimum atomic E-state index is -0.482. The van der Waals surface area contributed by atoms with E-state index in [1.54, 1.807) is 4.90 Å². The van der Waals surface area contributed by atoms with Crippen molar-refractivity contribution in [3.05, 3.63) is 0 Å². The molecule has 0 aromatic carbocycles. The van der Waals surface area contributed by atoms with Gasteiger partial charge in [-0.2, -0.15) is 0 Å². The molecule has 1 aliphatic heterocycles. The number of carbonyl (C=O) groups is 1. The molecule has 1 amide bonds. The fourth-order valence-corrected chi connectivity index (χ4v) is 1.78. The number of nitrogens with zero attached hydrogens (tertiary/aromatic N) is 1. The lowest BCUT2D eigenvalue weighted by atomic mass is 9.89. The predicted molar refractivity (Wildman–Crippen MR) is 61.0 cm³/mol. The normalized spacial score (nSPS) is 25.9. The Balaban J connectivity index is 2.56. The summed E-state index contributed by atoms with van der Waals surface area (Å²) in [6.45, 7) is 7.00. The second kappa shape index (κ2) is 4.59. The summed E-state index contributed by atoms with van der Waals surface area (Å²) in [7, 11) is 0. The number of ether oxygens (including phenoxy) is 1. The van der Waals surface area contributed by atoms with Crippen molar-refractivity contribution in [2.45, 2.75) is 32.8 Å². The molecular weight excluding hydrogens is 208 g/mol. The lowest BCUT2D eigenvalue weighted by molar-refractivity contribution is 0.0258. The van der Waals surface area contributed by atoms with Crippen molar-refractivity contribution in [3.8, 4) is 0 Å². The molecule has 0 aromatic rings. The summed E-state index contributed by atoms with van der Waals surface area (Å²) in [6, 6.07) is 0. The van der Waals surface area contributed by atoms with Crippen molar-refractivity contribution in [2.75, 3.05) is 26.2 Å². The Labute approximate surface area is 96.6 Å². The topological polar surface area (TPSA) is 75.8 Å². The van der Waals surface area contributed by atoms with E-state index in [0.717, 1.165) is 6.42 Å². The van der Waals surface area contributed by atoms with Crippen molar-refractivity contribution < 1.29 is 14.6 Å². The van der Waals surface area contributed by atoms with Gasteiger partial charge in [-0.3, -0.25) is 0 Å². The molecule has 0 bridgehead atoms. The van der Waals surface area contributed by atoms with E-state index < -0.39 is 5.60 Å². The number of amides is 1. The average Bonchev–Trinajstić information content (AvgIpc) is 2.60. The van der Waals surface area contributed by atoms with Crippen LogP contribution in [0.25, 0.3) is 0 Å². The number of likely N-dealkylation sites (tertiary alicyclic amines) is 1. The van der Waals surface area contributed by atoms with E-state index in [9.17, 15) is 9.90 Å². The maximum absolute atomic E-state index is 11.8. The summed E-state index contributed by atoms with van der Waals surface area (Å²) in [5.41, 5.74) is 4.81. The van der Waals surface area contributed by atoms with Crippen LogP contribution >= 0.6 is 0 Å². The van der Waals surface area contributed by atoms with Crippen molar-refractivity contribution >= 4 is 6.09 Å². The summed E-state index contributed by atoms with van der Waals surface area (Å²) in [5, 5.41) is 9.29. The highest BCUT2D eigenvalue weighted by Crippen LogP contribution is 2.29. The van der Waals surface area contributed by atoms with Gasteiger partial charge in [-0.25, -0.2) is 4.79 Å². The highest BCUT2D eigenvalue weighted by atomic mass is 16.6. The van der Waals surface area contributed by atoms with Gasteiger partial charge in [0.05, 0.1) is 6.61 Å². The number of aliphatic hydroxyl groups excluding tert-OH is 1. The third-order valence-electron chi connectivity index (χ3n) is 2.86. The lowest BCUT2D eigenvalue weighted by Crippen LogP contribution is -2.40. The Bertz CT molecular complexity index is 256. The molecule has 16 heavy (non-hydrogen) atoms. The number of rotatable bonds is 2. The molecule has 0 spiro atoms. The van der Waals surface area contributed by atoms with Gasteiger partial charge in [0.15, 0.2) is 0 Å². The minimum Gasteiger partial charge on any atom is -0.444 e. The predicted octanol–water partition coefficient (Wildman–Crippen LogP) is 0.565. The van der Waals surface area contributed by atoms with Gasteiger partial charge < -0.3 is 20.5 Å². The Morgan fingerprint density at radius 1 is 1.56 bits per heavy atom. The van der Waals surface area contributed by atoms with Crippen LogP contribution in [0.1, 0.15) is 27.2 Å². The molecule has 0 saturated carbocycles. The number of nitrogens with two attached hydrogens (primary N) is 1. The van der Waals surface area contributed by atoms with Crippen LogP contribution in [0.2, 0.25) is 0 Å². The maximum atomic E-state index is 11.8. The molecule has 1 aliphatic rings. The number of aliphatic hydroxyl groups is 1. The van der Waals surface area contributed by atoms with E-state index in [-0.39, 0.29) is 18.1 Å². The van der Waals surface area contributed by atoms with E-state index in [0.29, 0.717) is 19.6 Å². The zero-order chi connectivity index (χ0) is 12.4. The highest BCUT2D eigenvalue weighted by Gasteiger charge is 2.39. The van der Waals surface area contributed by atoms with Gasteiger partial charge >= 0.3 is 6.09 Å². The van der Waals surface area contributed by atoms with Crippen LogP contribution in [-0.2, 0) is 4.74 Å². The van der Waals surface area contributed by atoms with Crippen LogP contribution < -0.4 is 5.73 Å². The SMILES string of the molecule is CC(C)(C)OC(=O)N1CCC(CN)(CO)C1. The van der Waals surface area contributed by atoms with Crippen LogP contribution in [0.5, 0.6) is 0 Å². The van der Waals surface area contributed by atoms with Gasteiger partial charge in [0, 0.05) is 25.0 Å². The summed E-state index contributed by atoms with van der Waals surface area (Å²) >= 11 is 0. The van der Waals surface area contributed by atoms with Crippen LogP contribution in [0.15, 0.2) is 0 Å². The first-order valence-electron chi connectivity index (χ1n) is 5.61. The van der Waals surface area contributed by atoms with Gasteiger partial charge in [0.1, 0.15) is 5.60 Å². The number of hydrogen-bond donors (Lipinski definition) is 2. The molecule has 1 rings (SSSR count). The van der Waals surface area contributed by atoms with Crippen LogP contribution in [-0.4, -0.2) is 47.9 Å². The van der Waals surface area contributed by atoms with Crippen LogP contribution in [0.3, 0.4) is 0 Å². The largest absolute Gasteiger partial charge is 0.444 e. The molecular formula is C11H22N2O3. The smallest absolute Gasteiger partial charge is 0.410 e. The Morgan fingerprint density at radius 2 is 2.19 bits per heavy atom. The molecule has 1 heterocycles. The van der Waals surface area contributed by atoms with Gasteiger partial charge in [-0.15, -0.1) is 0 Å². The first-order valence-corrected chi connectivity index (χ1v) is 5.61. The molecule has 5 heteroatoms. The molecule has 5 nitrogen and oxygen atoms in total. The molecule has 94 valence electrons. The van der Waals surface area contributed by atoms with Gasteiger partial charge in [0.25, 0.3) is 0 Å². The van der Waals surface area contributed by atoms with E-state index >= 15 is 0 Å². The van der Waals surface area contributed by atoms with Crippen LogP contribution in [0.4, 0.5) is 4.79 Å². The molecule has 1 unspecified atom stereocenters. The lowest BCUT2D eigenvalue weighted by Gasteiger charge is -2.27. The van der Waals surface area contributed by atoms with Gasteiger partial charge in [-0.1, -0.05) is 0 Å².